The van der Waals surface area contributed by atoms with Crippen molar-refractivity contribution in [1.82, 2.24) is 19.6 Å². The zero-order chi connectivity index (χ0) is 22.0. The molecule has 7 heteroatoms. The van der Waals surface area contributed by atoms with Crippen molar-refractivity contribution >= 4 is 11.7 Å². The van der Waals surface area contributed by atoms with Crippen molar-refractivity contribution in [2.75, 3.05) is 5.32 Å². The molecule has 0 radical (unpaired) electrons. The van der Waals surface area contributed by atoms with Gasteiger partial charge in [0.05, 0.1) is 30.0 Å². The molecule has 4 aromatic rings. The predicted molar refractivity (Wildman–Crippen MR) is 118 cm³/mol. The smallest absolute Gasteiger partial charge is 0.230 e. The zero-order valence-electron chi connectivity index (χ0n) is 17.8. The Hall–Kier alpha value is -3.74. The van der Waals surface area contributed by atoms with E-state index in [2.05, 4.69) is 15.5 Å². The minimum absolute atomic E-state index is 0.140. The second-order valence-corrected chi connectivity index (χ2v) is 7.58. The largest absolute Gasteiger partial charge is 0.311 e. The third-order valence-corrected chi connectivity index (χ3v) is 5.19. The fourth-order valence-corrected chi connectivity index (χ4v) is 3.64. The van der Waals surface area contributed by atoms with Crippen molar-refractivity contribution < 1.29 is 9.18 Å². The molecule has 0 aliphatic rings. The Bertz CT molecular complexity index is 1210. The summed E-state index contributed by atoms with van der Waals surface area (Å²) in [6.45, 7) is 6.26. The highest BCUT2D eigenvalue weighted by Gasteiger charge is 2.17. The van der Waals surface area contributed by atoms with E-state index >= 15 is 0 Å². The highest BCUT2D eigenvalue weighted by atomic mass is 19.1. The summed E-state index contributed by atoms with van der Waals surface area (Å²) in [7, 11) is 0. The van der Waals surface area contributed by atoms with Crippen LogP contribution in [0.5, 0.6) is 0 Å². The standard InChI is InChI=1S/C24H24FN5O/c1-16-13-23(29(27-16)15-19-7-5-4-6-8-19)26-24(31)14-22-17(2)28-30(18(22)3)21-11-9-20(25)10-12-21/h4-13H,14-15H2,1-3H3,(H,26,31). The van der Waals surface area contributed by atoms with Gasteiger partial charge < -0.3 is 5.32 Å². The third kappa shape index (κ3) is 4.55. The number of halogens is 1. The molecule has 6 nitrogen and oxygen atoms in total. The van der Waals surface area contributed by atoms with Crippen molar-refractivity contribution in [2.45, 2.75) is 33.7 Å². The van der Waals surface area contributed by atoms with Crippen LogP contribution in [0.15, 0.2) is 60.7 Å². The van der Waals surface area contributed by atoms with E-state index in [1.165, 1.54) is 12.1 Å². The van der Waals surface area contributed by atoms with Crippen LogP contribution in [0.4, 0.5) is 10.2 Å². The first-order valence-electron chi connectivity index (χ1n) is 10.1. The van der Waals surface area contributed by atoms with Crippen LogP contribution >= 0.6 is 0 Å². The Morgan fingerprint density at radius 1 is 1.00 bits per heavy atom. The normalized spacial score (nSPS) is 11.0. The number of carbonyl (C=O) groups excluding carboxylic acids is 1. The molecule has 0 saturated heterocycles. The summed E-state index contributed by atoms with van der Waals surface area (Å²) in [6.07, 6.45) is 0.189. The van der Waals surface area contributed by atoms with Gasteiger partial charge in [0.1, 0.15) is 11.6 Å². The number of benzene rings is 2. The van der Waals surface area contributed by atoms with E-state index < -0.39 is 0 Å². The maximum absolute atomic E-state index is 13.2. The van der Waals surface area contributed by atoms with E-state index in [4.69, 9.17) is 0 Å². The van der Waals surface area contributed by atoms with Crippen LogP contribution in [-0.4, -0.2) is 25.5 Å². The van der Waals surface area contributed by atoms with Crippen molar-refractivity contribution in [3.63, 3.8) is 0 Å². The van der Waals surface area contributed by atoms with Crippen LogP contribution in [0.1, 0.15) is 28.2 Å². The zero-order valence-corrected chi connectivity index (χ0v) is 17.8. The lowest BCUT2D eigenvalue weighted by molar-refractivity contribution is -0.115. The molecule has 1 N–H and O–H groups in total. The highest BCUT2D eigenvalue weighted by molar-refractivity contribution is 5.91. The van der Waals surface area contributed by atoms with Gasteiger partial charge in [-0.2, -0.15) is 10.2 Å². The molecule has 0 aliphatic carbocycles. The summed E-state index contributed by atoms with van der Waals surface area (Å²) in [6, 6.07) is 18.0. The number of anilines is 1. The molecule has 0 unspecified atom stereocenters. The maximum Gasteiger partial charge on any atom is 0.230 e. The van der Waals surface area contributed by atoms with E-state index in [0.29, 0.717) is 12.4 Å². The summed E-state index contributed by atoms with van der Waals surface area (Å²) in [4.78, 5) is 12.9. The SMILES string of the molecule is Cc1cc(NC(=O)Cc2c(C)nn(-c3ccc(F)cc3)c2C)n(Cc2ccccc2)n1. The molecule has 158 valence electrons. The van der Waals surface area contributed by atoms with Crippen LogP contribution in [0.3, 0.4) is 0 Å². The average molecular weight is 417 g/mol. The third-order valence-electron chi connectivity index (χ3n) is 5.19. The first kappa shape index (κ1) is 20.5. The molecule has 0 bridgehead atoms. The van der Waals surface area contributed by atoms with Crippen LogP contribution in [0, 0.1) is 26.6 Å². The second kappa shape index (κ2) is 8.55. The monoisotopic (exact) mass is 417 g/mol. The number of nitrogens with one attached hydrogen (secondary N) is 1. The second-order valence-electron chi connectivity index (χ2n) is 7.58. The average Bonchev–Trinajstić information content (AvgIpc) is 3.22. The number of amides is 1. The predicted octanol–water partition coefficient (Wildman–Crippen LogP) is 4.36. The summed E-state index contributed by atoms with van der Waals surface area (Å²) >= 11 is 0. The number of hydrogen-bond acceptors (Lipinski definition) is 3. The van der Waals surface area contributed by atoms with Crippen LogP contribution in [0.2, 0.25) is 0 Å². The Kier molecular flexibility index (Phi) is 5.66. The van der Waals surface area contributed by atoms with Gasteiger partial charge in [-0.3, -0.25) is 4.79 Å². The number of carbonyl (C=O) groups is 1. The summed E-state index contributed by atoms with van der Waals surface area (Å²) in [5.74, 6) is 0.221. The highest BCUT2D eigenvalue weighted by Crippen LogP contribution is 2.20. The molecule has 0 saturated carbocycles. The fourth-order valence-electron chi connectivity index (χ4n) is 3.64. The minimum atomic E-state index is -0.299. The van der Waals surface area contributed by atoms with Crippen molar-refractivity contribution in [2.24, 2.45) is 0 Å². The molecular weight excluding hydrogens is 393 g/mol. The number of aryl methyl sites for hydroxylation is 2. The summed E-state index contributed by atoms with van der Waals surface area (Å²) in [5, 5.41) is 12.0. The molecule has 2 aromatic carbocycles. The first-order chi connectivity index (χ1) is 14.9. The molecule has 0 aliphatic heterocycles. The number of nitrogens with zero attached hydrogens (tertiary/aromatic N) is 4. The molecule has 31 heavy (non-hydrogen) atoms. The van der Waals surface area contributed by atoms with Gasteiger partial charge in [-0.05, 0) is 50.6 Å². The molecule has 4 rings (SSSR count). The van der Waals surface area contributed by atoms with Crippen molar-refractivity contribution in [3.05, 3.63) is 94.7 Å². The van der Waals surface area contributed by atoms with E-state index in [1.54, 1.807) is 21.5 Å². The quantitative estimate of drug-likeness (QED) is 0.507. The molecule has 2 heterocycles. The topological polar surface area (TPSA) is 64.7 Å². The number of hydrogen-bond donors (Lipinski definition) is 1. The van der Waals surface area contributed by atoms with Crippen LogP contribution in [0.25, 0.3) is 5.69 Å². The first-order valence-corrected chi connectivity index (χ1v) is 10.1. The Labute approximate surface area is 180 Å². The van der Waals surface area contributed by atoms with Gasteiger partial charge in [-0.15, -0.1) is 0 Å². The molecule has 0 fully saturated rings. The lowest BCUT2D eigenvalue weighted by Gasteiger charge is -2.10. The molecule has 1 amide bonds. The molecule has 0 atom stereocenters. The van der Waals surface area contributed by atoms with Crippen molar-refractivity contribution in [3.8, 4) is 5.69 Å². The lowest BCUT2D eigenvalue weighted by Crippen LogP contribution is -2.18. The van der Waals surface area contributed by atoms with Crippen LogP contribution < -0.4 is 5.32 Å². The number of rotatable bonds is 6. The fraction of sp³-hybridized carbons (Fsp3) is 0.208. The Balaban J connectivity index is 1.52. The summed E-state index contributed by atoms with van der Waals surface area (Å²) in [5.41, 5.74) is 5.17. The van der Waals surface area contributed by atoms with Gasteiger partial charge in [0.25, 0.3) is 0 Å². The maximum atomic E-state index is 13.2. The van der Waals surface area contributed by atoms with Gasteiger partial charge in [0.15, 0.2) is 0 Å². The molecule has 0 spiro atoms. The van der Waals surface area contributed by atoms with Gasteiger partial charge in [0.2, 0.25) is 5.91 Å². The van der Waals surface area contributed by atoms with Gasteiger partial charge in [0, 0.05) is 17.3 Å². The Morgan fingerprint density at radius 2 is 1.71 bits per heavy atom. The molecule has 2 aromatic heterocycles. The number of aromatic nitrogens is 4. The van der Waals surface area contributed by atoms with Gasteiger partial charge >= 0.3 is 0 Å². The van der Waals surface area contributed by atoms with Crippen LogP contribution in [-0.2, 0) is 17.8 Å². The van der Waals surface area contributed by atoms with E-state index in [0.717, 1.165) is 33.9 Å². The molecular formula is C24H24FN5O. The van der Waals surface area contributed by atoms with E-state index in [1.807, 2.05) is 57.2 Å². The lowest BCUT2D eigenvalue weighted by atomic mass is 10.1. The van der Waals surface area contributed by atoms with E-state index in [-0.39, 0.29) is 18.1 Å². The van der Waals surface area contributed by atoms with Gasteiger partial charge in [-0.25, -0.2) is 13.8 Å². The Morgan fingerprint density at radius 3 is 2.42 bits per heavy atom. The minimum Gasteiger partial charge on any atom is -0.311 e. The van der Waals surface area contributed by atoms with E-state index in [9.17, 15) is 9.18 Å². The van der Waals surface area contributed by atoms with Gasteiger partial charge in [-0.1, -0.05) is 30.3 Å². The summed E-state index contributed by atoms with van der Waals surface area (Å²) < 4.78 is 16.8. The van der Waals surface area contributed by atoms with Crippen molar-refractivity contribution in [1.29, 1.82) is 0 Å².